The number of rotatable bonds is 10. The van der Waals surface area contributed by atoms with Crippen LogP contribution in [0.4, 0.5) is 5.13 Å². The topological polar surface area (TPSA) is 89.0 Å². The van der Waals surface area contributed by atoms with Gasteiger partial charge in [0.05, 0.1) is 35.0 Å². The fourth-order valence-electron chi connectivity index (χ4n) is 4.61. The number of nitrogens with zero attached hydrogens (tertiary/aromatic N) is 2. The molecule has 0 aliphatic carbocycles. The number of aryl methyl sites for hydroxylation is 1. The smallest absolute Gasteiger partial charge is 0.296 e. The Kier molecular flexibility index (Phi) is 7.98. The molecule has 1 N–H and O–H groups in total. The number of thiazole rings is 1. The number of carbonyl (C=O) groups is 2. The fraction of sp³-hybridized carbons (Fsp3) is 0.219. The van der Waals surface area contributed by atoms with Crippen LogP contribution in [0, 0.1) is 6.92 Å². The Balaban J connectivity index is 1.62. The highest BCUT2D eigenvalue weighted by Crippen LogP contribution is 2.45. The van der Waals surface area contributed by atoms with E-state index < -0.39 is 23.5 Å². The van der Waals surface area contributed by atoms with Crippen molar-refractivity contribution in [2.45, 2.75) is 33.2 Å². The van der Waals surface area contributed by atoms with Crippen LogP contribution < -0.4 is 14.4 Å². The van der Waals surface area contributed by atoms with E-state index in [4.69, 9.17) is 14.5 Å². The van der Waals surface area contributed by atoms with Crippen molar-refractivity contribution in [2.24, 2.45) is 0 Å². The number of aliphatic hydroxyl groups excluding tert-OH is 1. The van der Waals surface area contributed by atoms with Crippen LogP contribution in [-0.4, -0.2) is 35.0 Å². The van der Waals surface area contributed by atoms with Gasteiger partial charge in [0.15, 0.2) is 28.2 Å². The highest BCUT2D eigenvalue weighted by Gasteiger charge is 2.45. The van der Waals surface area contributed by atoms with E-state index in [9.17, 15) is 14.7 Å². The lowest BCUT2D eigenvalue weighted by atomic mass is 9.95. The summed E-state index contributed by atoms with van der Waals surface area (Å²) in [6.45, 7) is 6.81. The molecule has 1 aromatic heterocycles. The van der Waals surface area contributed by atoms with Crippen LogP contribution in [-0.2, 0) is 9.59 Å². The van der Waals surface area contributed by atoms with Crippen molar-refractivity contribution in [1.82, 2.24) is 4.98 Å². The SMILES string of the molecule is CCCOc1ccc(C2C(C(=O)/C=C/c3ccccc3)=C(O)C(=O)N2c2nc3ccc(C)cc3s2)cc1OCC. The maximum Gasteiger partial charge on any atom is 0.296 e. The number of allylic oxidation sites excluding steroid dienone is 1. The summed E-state index contributed by atoms with van der Waals surface area (Å²) in [5.41, 5.74) is 3.21. The molecule has 0 fully saturated rings. The molecule has 0 saturated carbocycles. The van der Waals surface area contributed by atoms with Gasteiger partial charge >= 0.3 is 0 Å². The number of ether oxygens (including phenoxy) is 2. The van der Waals surface area contributed by atoms with Gasteiger partial charge in [-0.1, -0.05) is 66.8 Å². The third kappa shape index (κ3) is 5.35. The quantitative estimate of drug-likeness (QED) is 0.213. The summed E-state index contributed by atoms with van der Waals surface area (Å²) in [7, 11) is 0. The number of aliphatic hydroxyl groups is 1. The van der Waals surface area contributed by atoms with E-state index in [1.54, 1.807) is 24.3 Å². The highest BCUT2D eigenvalue weighted by molar-refractivity contribution is 7.22. The summed E-state index contributed by atoms with van der Waals surface area (Å²) in [5, 5.41) is 11.5. The molecular weight excluding hydrogens is 524 g/mol. The van der Waals surface area contributed by atoms with Crippen molar-refractivity contribution in [3.8, 4) is 11.5 Å². The first-order valence-electron chi connectivity index (χ1n) is 13.2. The molecule has 2 heterocycles. The lowest BCUT2D eigenvalue weighted by Crippen LogP contribution is -2.30. The van der Waals surface area contributed by atoms with E-state index in [0.717, 1.165) is 27.8 Å². The lowest BCUT2D eigenvalue weighted by molar-refractivity contribution is -0.117. The van der Waals surface area contributed by atoms with Crippen molar-refractivity contribution < 1.29 is 24.2 Å². The predicted molar refractivity (Wildman–Crippen MR) is 158 cm³/mol. The number of ketones is 1. The zero-order chi connectivity index (χ0) is 28.2. The van der Waals surface area contributed by atoms with Gasteiger partial charge in [0, 0.05) is 0 Å². The van der Waals surface area contributed by atoms with E-state index in [2.05, 4.69) is 0 Å². The molecule has 0 spiro atoms. The van der Waals surface area contributed by atoms with E-state index in [-0.39, 0.29) is 5.57 Å². The second kappa shape index (κ2) is 11.8. The minimum Gasteiger partial charge on any atom is -0.503 e. The molecule has 8 heteroatoms. The van der Waals surface area contributed by atoms with Crippen LogP contribution in [0.1, 0.15) is 43.0 Å². The summed E-state index contributed by atoms with van der Waals surface area (Å²) >= 11 is 1.34. The van der Waals surface area contributed by atoms with Crippen molar-refractivity contribution in [3.63, 3.8) is 0 Å². The Morgan fingerprint density at radius 1 is 1.05 bits per heavy atom. The molecule has 1 amide bonds. The number of amides is 1. The zero-order valence-corrected chi connectivity index (χ0v) is 23.4. The van der Waals surface area contributed by atoms with Crippen LogP contribution in [0.5, 0.6) is 11.5 Å². The number of carbonyl (C=O) groups excluding carboxylic acids is 2. The normalized spacial score (nSPS) is 15.4. The first kappa shape index (κ1) is 27.1. The molecular formula is C32H30N2O5S. The van der Waals surface area contributed by atoms with Gasteiger partial charge in [0.1, 0.15) is 0 Å². The Morgan fingerprint density at radius 2 is 1.85 bits per heavy atom. The maximum atomic E-state index is 13.6. The van der Waals surface area contributed by atoms with E-state index >= 15 is 0 Å². The second-order valence-corrected chi connectivity index (χ2v) is 10.4. The van der Waals surface area contributed by atoms with Gasteiger partial charge < -0.3 is 14.6 Å². The van der Waals surface area contributed by atoms with Crippen molar-refractivity contribution in [2.75, 3.05) is 18.1 Å². The van der Waals surface area contributed by atoms with Gasteiger partial charge in [-0.3, -0.25) is 14.5 Å². The van der Waals surface area contributed by atoms with Gasteiger partial charge in [0.25, 0.3) is 5.91 Å². The van der Waals surface area contributed by atoms with Crippen LogP contribution in [0.2, 0.25) is 0 Å². The van der Waals surface area contributed by atoms with Crippen LogP contribution in [0.25, 0.3) is 16.3 Å². The van der Waals surface area contributed by atoms with E-state index in [0.29, 0.717) is 35.4 Å². The third-order valence-corrected chi connectivity index (χ3v) is 7.50. The van der Waals surface area contributed by atoms with Gasteiger partial charge in [-0.15, -0.1) is 0 Å². The van der Waals surface area contributed by atoms with E-state index in [1.165, 1.54) is 22.3 Å². The lowest BCUT2D eigenvalue weighted by Gasteiger charge is -2.25. The molecule has 0 radical (unpaired) electrons. The van der Waals surface area contributed by atoms with Crippen LogP contribution in [0.15, 0.2) is 84.1 Å². The standard InChI is InChI=1S/C32H30N2O5S/c1-4-17-39-25-16-13-22(19-26(25)38-5-2)29-28(24(35)15-12-21-9-7-6-8-10-21)30(36)31(37)34(29)32-33-23-14-11-20(3)18-27(23)40-32/h6-16,18-19,29,36H,4-5,17H2,1-3H3/b15-12+. The minimum absolute atomic E-state index is 0.0164. The molecule has 40 heavy (non-hydrogen) atoms. The minimum atomic E-state index is -0.915. The van der Waals surface area contributed by atoms with Crippen molar-refractivity contribution >= 4 is 44.5 Å². The van der Waals surface area contributed by atoms with Gasteiger partial charge in [-0.2, -0.15) is 0 Å². The summed E-state index contributed by atoms with van der Waals surface area (Å²) < 4.78 is 12.6. The molecule has 204 valence electrons. The average Bonchev–Trinajstić information content (AvgIpc) is 3.49. The molecule has 1 aliphatic rings. The Morgan fingerprint density at radius 3 is 2.60 bits per heavy atom. The monoisotopic (exact) mass is 554 g/mol. The molecule has 0 saturated heterocycles. The summed E-state index contributed by atoms with van der Waals surface area (Å²) in [6, 6.07) is 19.6. The highest BCUT2D eigenvalue weighted by atomic mass is 32.1. The third-order valence-electron chi connectivity index (χ3n) is 6.48. The molecule has 3 aromatic carbocycles. The first-order valence-corrected chi connectivity index (χ1v) is 14.0. The molecule has 1 aliphatic heterocycles. The van der Waals surface area contributed by atoms with Gasteiger partial charge in [0.2, 0.25) is 0 Å². The molecule has 4 aromatic rings. The second-order valence-electron chi connectivity index (χ2n) is 9.40. The number of fused-ring (bicyclic) bond motifs is 1. The van der Waals surface area contributed by atoms with E-state index in [1.807, 2.05) is 69.3 Å². The number of hydrogen-bond donors (Lipinski definition) is 1. The first-order chi connectivity index (χ1) is 19.4. The average molecular weight is 555 g/mol. The molecule has 7 nitrogen and oxygen atoms in total. The molecule has 1 atom stereocenters. The summed E-state index contributed by atoms with van der Waals surface area (Å²) in [6.07, 6.45) is 3.88. The Hall–Kier alpha value is -4.43. The Bertz CT molecular complexity index is 1620. The summed E-state index contributed by atoms with van der Waals surface area (Å²) in [5.74, 6) is -0.667. The summed E-state index contributed by atoms with van der Waals surface area (Å²) in [4.78, 5) is 33.3. The fourth-order valence-corrected chi connectivity index (χ4v) is 5.70. The Labute approximate surface area is 237 Å². The molecule has 0 bridgehead atoms. The number of aromatic nitrogens is 1. The maximum absolute atomic E-state index is 13.6. The van der Waals surface area contributed by atoms with Crippen molar-refractivity contribution in [1.29, 1.82) is 0 Å². The molecule has 1 unspecified atom stereocenters. The molecule has 5 rings (SSSR count). The zero-order valence-electron chi connectivity index (χ0n) is 22.6. The van der Waals surface area contributed by atoms with Gasteiger partial charge in [-0.25, -0.2) is 4.98 Å². The predicted octanol–water partition coefficient (Wildman–Crippen LogP) is 6.97. The number of benzene rings is 3. The number of hydrogen-bond acceptors (Lipinski definition) is 7. The van der Waals surface area contributed by atoms with Gasteiger partial charge in [-0.05, 0) is 67.3 Å². The van der Waals surface area contributed by atoms with Crippen molar-refractivity contribution in [3.05, 3.63) is 101 Å². The van der Waals surface area contributed by atoms with Crippen LogP contribution in [0.3, 0.4) is 0 Å². The largest absolute Gasteiger partial charge is 0.503 e. The number of anilines is 1. The van der Waals surface area contributed by atoms with Crippen LogP contribution >= 0.6 is 11.3 Å².